The lowest BCUT2D eigenvalue weighted by Crippen LogP contribution is -2.14. The number of aryl methyl sites for hydroxylation is 2. The highest BCUT2D eigenvalue weighted by molar-refractivity contribution is 9.10. The number of nitrogens with zero attached hydrogens (tertiary/aromatic N) is 2. The lowest BCUT2D eigenvalue weighted by atomic mass is 10.2. The molecule has 0 unspecified atom stereocenters. The van der Waals surface area contributed by atoms with E-state index in [2.05, 4.69) is 21.0 Å². The minimum atomic E-state index is -3.58. The molecule has 17 heavy (non-hydrogen) atoms. The quantitative estimate of drug-likeness (QED) is 0.855. The van der Waals surface area contributed by atoms with Crippen molar-refractivity contribution in [2.75, 3.05) is 0 Å². The van der Waals surface area contributed by atoms with Crippen LogP contribution in [0.25, 0.3) is 0 Å². The Morgan fingerprint density at radius 2 is 1.94 bits per heavy atom. The van der Waals surface area contributed by atoms with Crippen LogP contribution in [0.3, 0.4) is 0 Å². The van der Waals surface area contributed by atoms with Crippen LogP contribution in [-0.4, -0.2) is 17.6 Å². The Balaban J connectivity index is 2.60. The molecular weight excluding hydrogens is 304 g/mol. The third-order valence-electron chi connectivity index (χ3n) is 2.36. The zero-order valence-electron chi connectivity index (χ0n) is 9.38. The predicted octanol–water partition coefficient (Wildman–Crippen LogP) is 2.50. The minimum absolute atomic E-state index is 0.267. The van der Waals surface area contributed by atoms with Gasteiger partial charge in [-0.05, 0) is 43.7 Å². The fourth-order valence-corrected chi connectivity index (χ4v) is 3.37. The molecule has 1 aromatic heterocycles. The predicted molar refractivity (Wildman–Crippen MR) is 68.4 cm³/mol. The second kappa shape index (κ2) is 4.27. The Hall–Kier alpha value is -1.14. The summed E-state index contributed by atoms with van der Waals surface area (Å²) in [4.78, 5) is 0.267. The van der Waals surface area contributed by atoms with E-state index in [1.165, 1.54) is 6.20 Å². The Bertz CT molecular complexity index is 662. The summed E-state index contributed by atoms with van der Waals surface area (Å²) in [5.74, 6) is 0. The van der Waals surface area contributed by atoms with Crippen molar-refractivity contribution in [3.8, 4) is 0 Å². The van der Waals surface area contributed by atoms with Crippen LogP contribution in [0.2, 0.25) is 0 Å². The van der Waals surface area contributed by atoms with Crippen LogP contribution in [-0.2, 0) is 10.0 Å². The van der Waals surface area contributed by atoms with Gasteiger partial charge in [0.05, 0.1) is 10.6 Å². The fourth-order valence-electron chi connectivity index (χ4n) is 1.53. The first-order valence-corrected chi connectivity index (χ1v) is 7.18. The second-order valence-electron chi connectivity index (χ2n) is 3.74. The topological polar surface area (TPSA) is 52.0 Å². The van der Waals surface area contributed by atoms with Gasteiger partial charge >= 0.3 is 0 Å². The highest BCUT2D eigenvalue weighted by Gasteiger charge is 2.19. The van der Waals surface area contributed by atoms with Crippen molar-refractivity contribution in [3.05, 3.63) is 46.2 Å². The van der Waals surface area contributed by atoms with Gasteiger partial charge in [-0.25, -0.2) is 0 Å². The van der Waals surface area contributed by atoms with Crippen molar-refractivity contribution in [3.63, 3.8) is 0 Å². The number of halogens is 1. The van der Waals surface area contributed by atoms with E-state index in [0.717, 1.165) is 8.56 Å². The number of hydrogen-bond acceptors (Lipinski definition) is 3. The molecule has 0 radical (unpaired) electrons. The van der Waals surface area contributed by atoms with Crippen molar-refractivity contribution in [1.82, 2.24) is 9.19 Å². The van der Waals surface area contributed by atoms with Gasteiger partial charge in [-0.1, -0.05) is 15.9 Å². The minimum Gasteiger partial charge on any atom is -0.199 e. The summed E-state index contributed by atoms with van der Waals surface area (Å²) in [6.07, 6.45) is 1.45. The molecule has 0 atom stereocenters. The van der Waals surface area contributed by atoms with Crippen molar-refractivity contribution in [2.45, 2.75) is 18.7 Å². The smallest absolute Gasteiger partial charge is 0.199 e. The first kappa shape index (κ1) is 12.3. The van der Waals surface area contributed by atoms with Gasteiger partial charge in [0.1, 0.15) is 0 Å². The second-order valence-corrected chi connectivity index (χ2v) is 6.42. The summed E-state index contributed by atoms with van der Waals surface area (Å²) in [6.45, 7) is 3.51. The average molecular weight is 315 g/mol. The highest BCUT2D eigenvalue weighted by Crippen LogP contribution is 2.21. The third-order valence-corrected chi connectivity index (χ3v) is 4.56. The van der Waals surface area contributed by atoms with Gasteiger partial charge in [-0.3, -0.25) is 0 Å². The molecule has 2 rings (SSSR count). The molecule has 1 heterocycles. The maximum absolute atomic E-state index is 12.3. The molecule has 0 N–H and O–H groups in total. The Morgan fingerprint density at radius 1 is 1.24 bits per heavy atom. The molecule has 0 saturated carbocycles. The van der Waals surface area contributed by atoms with Crippen LogP contribution in [0.1, 0.15) is 11.3 Å². The normalized spacial score (nSPS) is 11.7. The maximum atomic E-state index is 12.3. The first-order chi connectivity index (χ1) is 7.91. The van der Waals surface area contributed by atoms with Crippen molar-refractivity contribution in [2.24, 2.45) is 0 Å². The molecule has 0 aliphatic carbocycles. The van der Waals surface area contributed by atoms with E-state index in [1.54, 1.807) is 38.1 Å². The molecule has 0 aliphatic rings. The first-order valence-electron chi connectivity index (χ1n) is 4.95. The van der Waals surface area contributed by atoms with Crippen LogP contribution >= 0.6 is 15.9 Å². The summed E-state index contributed by atoms with van der Waals surface area (Å²) in [5, 5.41) is 3.94. The van der Waals surface area contributed by atoms with Gasteiger partial charge < -0.3 is 0 Å². The van der Waals surface area contributed by atoms with E-state index in [1.807, 2.05) is 0 Å². The largest absolute Gasteiger partial charge is 0.283 e. The zero-order valence-corrected chi connectivity index (χ0v) is 11.8. The molecule has 1 aromatic carbocycles. The molecule has 2 aromatic rings. The Kier molecular flexibility index (Phi) is 3.09. The van der Waals surface area contributed by atoms with E-state index in [4.69, 9.17) is 0 Å². The van der Waals surface area contributed by atoms with E-state index in [-0.39, 0.29) is 4.90 Å². The SMILES string of the molecule is Cc1ccn(S(=O)(=O)c2ccc(Br)cc2C)n1. The van der Waals surface area contributed by atoms with E-state index >= 15 is 0 Å². The summed E-state index contributed by atoms with van der Waals surface area (Å²) in [6, 6.07) is 6.71. The number of aromatic nitrogens is 2. The van der Waals surface area contributed by atoms with Gasteiger partial charge in [0.2, 0.25) is 0 Å². The fraction of sp³-hybridized carbons (Fsp3) is 0.182. The lowest BCUT2D eigenvalue weighted by molar-refractivity contribution is 0.579. The van der Waals surface area contributed by atoms with Crippen LogP contribution in [0.15, 0.2) is 39.8 Å². The zero-order chi connectivity index (χ0) is 12.6. The van der Waals surface area contributed by atoms with E-state index in [0.29, 0.717) is 11.3 Å². The summed E-state index contributed by atoms with van der Waals surface area (Å²) >= 11 is 3.31. The maximum Gasteiger partial charge on any atom is 0.283 e. The number of hydrogen-bond donors (Lipinski definition) is 0. The third kappa shape index (κ3) is 2.28. The lowest BCUT2D eigenvalue weighted by Gasteiger charge is -2.07. The van der Waals surface area contributed by atoms with Gasteiger partial charge in [-0.2, -0.15) is 17.6 Å². The van der Waals surface area contributed by atoms with Crippen molar-refractivity contribution < 1.29 is 8.42 Å². The van der Waals surface area contributed by atoms with E-state index in [9.17, 15) is 8.42 Å². The Labute approximate surface area is 108 Å². The molecule has 6 heteroatoms. The van der Waals surface area contributed by atoms with Crippen LogP contribution < -0.4 is 0 Å². The molecule has 0 amide bonds. The summed E-state index contributed by atoms with van der Waals surface area (Å²) < 4.78 is 26.4. The summed E-state index contributed by atoms with van der Waals surface area (Å²) in [5.41, 5.74) is 1.36. The van der Waals surface area contributed by atoms with Crippen molar-refractivity contribution in [1.29, 1.82) is 0 Å². The number of rotatable bonds is 2. The number of benzene rings is 1. The summed E-state index contributed by atoms with van der Waals surface area (Å²) in [7, 11) is -3.58. The van der Waals surface area contributed by atoms with Crippen LogP contribution in [0.5, 0.6) is 0 Å². The monoisotopic (exact) mass is 314 g/mol. The van der Waals surface area contributed by atoms with Crippen LogP contribution in [0.4, 0.5) is 0 Å². The van der Waals surface area contributed by atoms with Gasteiger partial charge in [0, 0.05) is 10.7 Å². The van der Waals surface area contributed by atoms with Crippen LogP contribution in [0, 0.1) is 13.8 Å². The van der Waals surface area contributed by atoms with E-state index < -0.39 is 10.0 Å². The standard InChI is InChI=1S/C11H11BrN2O2S/c1-8-7-10(12)3-4-11(8)17(15,16)14-6-5-9(2)13-14/h3-7H,1-2H3. The molecule has 90 valence electrons. The molecule has 0 spiro atoms. The highest BCUT2D eigenvalue weighted by atomic mass is 79.9. The molecule has 0 saturated heterocycles. The molecular formula is C11H11BrN2O2S. The molecule has 4 nitrogen and oxygen atoms in total. The van der Waals surface area contributed by atoms with Gasteiger partial charge in [0.15, 0.2) is 0 Å². The Morgan fingerprint density at radius 3 is 2.47 bits per heavy atom. The van der Waals surface area contributed by atoms with Gasteiger partial charge in [-0.15, -0.1) is 0 Å². The molecule has 0 fully saturated rings. The molecule has 0 bridgehead atoms. The van der Waals surface area contributed by atoms with Gasteiger partial charge in [0.25, 0.3) is 10.0 Å². The van der Waals surface area contributed by atoms with Crippen molar-refractivity contribution >= 4 is 26.0 Å². The molecule has 0 aliphatic heterocycles. The average Bonchev–Trinajstić information content (AvgIpc) is 2.64.